The Morgan fingerprint density at radius 2 is 2.35 bits per heavy atom. The van der Waals surface area contributed by atoms with Gasteiger partial charge in [-0.3, -0.25) is 4.79 Å². The van der Waals surface area contributed by atoms with E-state index in [0.29, 0.717) is 12.3 Å². The highest BCUT2D eigenvalue weighted by Gasteiger charge is 2.27. The molecule has 2 unspecified atom stereocenters. The quantitative estimate of drug-likeness (QED) is 0.891. The van der Waals surface area contributed by atoms with Crippen LogP contribution in [-0.2, 0) is 4.79 Å². The van der Waals surface area contributed by atoms with Gasteiger partial charge in [-0.1, -0.05) is 6.92 Å². The third-order valence-electron chi connectivity index (χ3n) is 3.55. The maximum Gasteiger partial charge on any atom is 0.241 e. The van der Waals surface area contributed by atoms with Gasteiger partial charge in [-0.05, 0) is 44.4 Å². The summed E-state index contributed by atoms with van der Waals surface area (Å²) in [7, 11) is 0. The molecule has 0 spiro atoms. The Balaban J connectivity index is 2.02. The second-order valence-electron chi connectivity index (χ2n) is 5.12. The fourth-order valence-corrected chi connectivity index (χ4v) is 2.47. The summed E-state index contributed by atoms with van der Waals surface area (Å²) >= 11 is 0. The molecule has 2 N–H and O–H groups in total. The molecular weight excluding hydrogens is 259 g/mol. The van der Waals surface area contributed by atoms with Crippen molar-refractivity contribution in [1.29, 1.82) is 0 Å². The van der Waals surface area contributed by atoms with Crippen LogP contribution < -0.4 is 15.4 Å². The van der Waals surface area contributed by atoms with Crippen LogP contribution in [0, 0.1) is 11.7 Å². The van der Waals surface area contributed by atoms with Crippen molar-refractivity contribution >= 4 is 11.6 Å². The van der Waals surface area contributed by atoms with Crippen molar-refractivity contribution in [2.45, 2.75) is 32.7 Å². The lowest BCUT2D eigenvalue weighted by atomic mass is 9.92. The number of amides is 1. The Kier molecular flexibility index (Phi) is 4.95. The Labute approximate surface area is 118 Å². The fourth-order valence-electron chi connectivity index (χ4n) is 2.47. The van der Waals surface area contributed by atoms with Gasteiger partial charge in [-0.2, -0.15) is 0 Å². The molecule has 1 aromatic carbocycles. The first kappa shape index (κ1) is 14.8. The van der Waals surface area contributed by atoms with Crippen LogP contribution in [-0.4, -0.2) is 25.1 Å². The molecule has 20 heavy (non-hydrogen) atoms. The van der Waals surface area contributed by atoms with Crippen LogP contribution >= 0.6 is 0 Å². The minimum absolute atomic E-state index is 0.110. The summed E-state index contributed by atoms with van der Waals surface area (Å²) in [4.78, 5) is 12.2. The molecule has 2 atom stereocenters. The molecule has 1 saturated heterocycles. The summed E-state index contributed by atoms with van der Waals surface area (Å²) in [6.45, 7) is 5.10. The normalized spacial score (nSPS) is 22.4. The zero-order valence-electron chi connectivity index (χ0n) is 11.9. The number of rotatable bonds is 4. The van der Waals surface area contributed by atoms with Crippen LogP contribution in [0.5, 0.6) is 5.75 Å². The summed E-state index contributed by atoms with van der Waals surface area (Å²) < 4.78 is 18.8. The van der Waals surface area contributed by atoms with Gasteiger partial charge in [0.2, 0.25) is 5.91 Å². The van der Waals surface area contributed by atoms with E-state index < -0.39 is 5.82 Å². The topological polar surface area (TPSA) is 50.4 Å². The van der Waals surface area contributed by atoms with E-state index in [0.717, 1.165) is 19.4 Å². The SMILES string of the molecule is CCOc1ccc(NC(=O)C2NCCCC2C)cc1F. The lowest BCUT2D eigenvalue weighted by Gasteiger charge is -2.28. The molecule has 2 rings (SSSR count). The van der Waals surface area contributed by atoms with Crippen molar-refractivity contribution in [2.75, 3.05) is 18.5 Å². The van der Waals surface area contributed by atoms with Crippen molar-refractivity contribution in [3.63, 3.8) is 0 Å². The van der Waals surface area contributed by atoms with Gasteiger partial charge in [0, 0.05) is 11.8 Å². The number of carbonyl (C=O) groups is 1. The van der Waals surface area contributed by atoms with Crippen molar-refractivity contribution in [2.24, 2.45) is 5.92 Å². The van der Waals surface area contributed by atoms with E-state index in [1.807, 2.05) is 0 Å². The standard InChI is InChI=1S/C15H21FN2O2/c1-3-20-13-7-6-11(9-12(13)16)18-15(19)14-10(2)5-4-8-17-14/h6-7,9-10,14,17H,3-5,8H2,1-2H3,(H,18,19). The van der Waals surface area contributed by atoms with Crippen LogP contribution in [0.4, 0.5) is 10.1 Å². The minimum Gasteiger partial charge on any atom is -0.491 e. The Hall–Kier alpha value is -1.62. The summed E-state index contributed by atoms with van der Waals surface area (Å²) in [5.74, 6) is -0.0824. The highest BCUT2D eigenvalue weighted by molar-refractivity contribution is 5.95. The van der Waals surface area contributed by atoms with E-state index >= 15 is 0 Å². The van der Waals surface area contributed by atoms with Crippen molar-refractivity contribution < 1.29 is 13.9 Å². The summed E-state index contributed by atoms with van der Waals surface area (Å²) in [5.41, 5.74) is 0.454. The summed E-state index contributed by atoms with van der Waals surface area (Å²) in [6.07, 6.45) is 2.12. The van der Waals surface area contributed by atoms with Crippen LogP contribution in [0.3, 0.4) is 0 Å². The zero-order valence-corrected chi connectivity index (χ0v) is 11.9. The average Bonchev–Trinajstić information content (AvgIpc) is 2.42. The molecule has 1 heterocycles. The highest BCUT2D eigenvalue weighted by Crippen LogP contribution is 2.22. The molecule has 0 radical (unpaired) electrons. The second kappa shape index (κ2) is 6.70. The van der Waals surface area contributed by atoms with E-state index in [9.17, 15) is 9.18 Å². The highest BCUT2D eigenvalue weighted by atomic mass is 19.1. The third kappa shape index (κ3) is 3.48. The molecule has 0 saturated carbocycles. The van der Waals surface area contributed by atoms with E-state index in [1.54, 1.807) is 13.0 Å². The minimum atomic E-state index is -0.464. The van der Waals surface area contributed by atoms with E-state index in [4.69, 9.17) is 4.74 Å². The van der Waals surface area contributed by atoms with Crippen LogP contribution in [0.15, 0.2) is 18.2 Å². The zero-order chi connectivity index (χ0) is 14.5. The number of hydrogen-bond acceptors (Lipinski definition) is 3. The molecule has 1 amide bonds. The number of nitrogens with one attached hydrogen (secondary N) is 2. The Morgan fingerprint density at radius 3 is 3.00 bits per heavy atom. The molecule has 1 fully saturated rings. The third-order valence-corrected chi connectivity index (χ3v) is 3.55. The van der Waals surface area contributed by atoms with Crippen LogP contribution in [0.2, 0.25) is 0 Å². The van der Waals surface area contributed by atoms with Gasteiger partial charge in [0.1, 0.15) is 0 Å². The molecule has 1 aliphatic rings. The summed E-state index contributed by atoms with van der Waals surface area (Å²) in [6, 6.07) is 4.26. The van der Waals surface area contributed by atoms with Crippen LogP contribution in [0.25, 0.3) is 0 Å². The number of anilines is 1. The predicted molar refractivity (Wildman–Crippen MR) is 76.4 cm³/mol. The fraction of sp³-hybridized carbons (Fsp3) is 0.533. The first-order valence-corrected chi connectivity index (χ1v) is 7.08. The average molecular weight is 280 g/mol. The molecule has 1 aromatic rings. The van der Waals surface area contributed by atoms with Crippen molar-refractivity contribution in [3.05, 3.63) is 24.0 Å². The maximum atomic E-state index is 13.7. The predicted octanol–water partition coefficient (Wildman–Crippen LogP) is 2.55. The van der Waals surface area contributed by atoms with E-state index in [-0.39, 0.29) is 23.6 Å². The van der Waals surface area contributed by atoms with Gasteiger partial charge >= 0.3 is 0 Å². The maximum absolute atomic E-state index is 13.7. The molecule has 1 aliphatic heterocycles. The van der Waals surface area contributed by atoms with Gasteiger partial charge in [0.15, 0.2) is 11.6 Å². The smallest absolute Gasteiger partial charge is 0.241 e. The molecular formula is C15H21FN2O2. The van der Waals surface area contributed by atoms with Crippen molar-refractivity contribution in [1.82, 2.24) is 5.32 Å². The van der Waals surface area contributed by atoms with Gasteiger partial charge in [-0.15, -0.1) is 0 Å². The van der Waals surface area contributed by atoms with Gasteiger partial charge in [-0.25, -0.2) is 4.39 Å². The first-order chi connectivity index (χ1) is 9.61. The lowest BCUT2D eigenvalue weighted by molar-refractivity contribution is -0.119. The largest absolute Gasteiger partial charge is 0.491 e. The van der Waals surface area contributed by atoms with Gasteiger partial charge in [0.25, 0.3) is 0 Å². The summed E-state index contributed by atoms with van der Waals surface area (Å²) in [5, 5.41) is 5.96. The van der Waals surface area contributed by atoms with Crippen molar-refractivity contribution in [3.8, 4) is 5.75 Å². The molecule has 4 nitrogen and oxygen atoms in total. The number of hydrogen-bond donors (Lipinski definition) is 2. The number of carbonyl (C=O) groups excluding carboxylic acids is 1. The number of ether oxygens (including phenoxy) is 1. The molecule has 0 aromatic heterocycles. The Morgan fingerprint density at radius 1 is 1.55 bits per heavy atom. The number of piperidine rings is 1. The molecule has 0 aliphatic carbocycles. The van der Waals surface area contributed by atoms with E-state index in [1.165, 1.54) is 12.1 Å². The molecule has 110 valence electrons. The lowest BCUT2D eigenvalue weighted by Crippen LogP contribution is -2.48. The number of benzene rings is 1. The Bertz CT molecular complexity index is 479. The van der Waals surface area contributed by atoms with Gasteiger partial charge < -0.3 is 15.4 Å². The van der Waals surface area contributed by atoms with Crippen LogP contribution in [0.1, 0.15) is 26.7 Å². The van der Waals surface area contributed by atoms with Gasteiger partial charge in [0.05, 0.1) is 12.6 Å². The van der Waals surface area contributed by atoms with E-state index in [2.05, 4.69) is 17.6 Å². The monoisotopic (exact) mass is 280 g/mol. The second-order valence-corrected chi connectivity index (χ2v) is 5.12. The molecule has 5 heteroatoms. The first-order valence-electron chi connectivity index (χ1n) is 7.08. The number of halogens is 1. The molecule has 0 bridgehead atoms.